The summed E-state index contributed by atoms with van der Waals surface area (Å²) in [6, 6.07) is 3.42. The van der Waals surface area contributed by atoms with Crippen LogP contribution in [-0.4, -0.2) is 48.8 Å². The summed E-state index contributed by atoms with van der Waals surface area (Å²) in [5.74, 6) is 0.439. The van der Waals surface area contributed by atoms with Crippen LogP contribution in [0, 0.1) is 0 Å². The zero-order valence-corrected chi connectivity index (χ0v) is 12.3. The topological polar surface area (TPSA) is 85.0 Å². The third kappa shape index (κ3) is 4.01. The number of ether oxygens (including phenoxy) is 2. The zero-order chi connectivity index (χ0) is 15.2. The number of phenols is 1. The SMILES string of the molecule is CCOc1cc(CCC(=O)N2CCOCC2)cc(N)c1O. The van der Waals surface area contributed by atoms with Gasteiger partial charge in [-0.1, -0.05) is 0 Å². The third-order valence-corrected chi connectivity index (χ3v) is 3.46. The van der Waals surface area contributed by atoms with Gasteiger partial charge in [0, 0.05) is 19.5 Å². The van der Waals surface area contributed by atoms with E-state index in [0.717, 1.165) is 5.56 Å². The number of benzene rings is 1. The maximum Gasteiger partial charge on any atom is 0.223 e. The number of carbonyl (C=O) groups is 1. The largest absolute Gasteiger partial charge is 0.503 e. The monoisotopic (exact) mass is 294 g/mol. The highest BCUT2D eigenvalue weighted by atomic mass is 16.5. The Kier molecular flexibility index (Phi) is 5.27. The predicted molar refractivity (Wildman–Crippen MR) is 79.4 cm³/mol. The number of aromatic hydroxyl groups is 1. The van der Waals surface area contributed by atoms with E-state index in [1.54, 1.807) is 12.1 Å². The van der Waals surface area contributed by atoms with Crippen molar-refractivity contribution >= 4 is 11.6 Å². The highest BCUT2D eigenvalue weighted by Crippen LogP contribution is 2.34. The second-order valence-electron chi connectivity index (χ2n) is 4.96. The third-order valence-electron chi connectivity index (χ3n) is 3.46. The van der Waals surface area contributed by atoms with E-state index in [4.69, 9.17) is 15.2 Å². The fourth-order valence-corrected chi connectivity index (χ4v) is 2.32. The number of nitrogens with two attached hydrogens (primary N) is 1. The van der Waals surface area contributed by atoms with Crippen LogP contribution in [0.3, 0.4) is 0 Å². The number of morpholine rings is 1. The first-order chi connectivity index (χ1) is 10.1. The average molecular weight is 294 g/mol. The van der Waals surface area contributed by atoms with E-state index >= 15 is 0 Å². The number of hydrogen-bond acceptors (Lipinski definition) is 5. The maximum absolute atomic E-state index is 12.1. The van der Waals surface area contributed by atoms with Gasteiger partial charge in [-0.15, -0.1) is 0 Å². The molecule has 0 saturated carbocycles. The highest BCUT2D eigenvalue weighted by molar-refractivity contribution is 5.76. The summed E-state index contributed by atoms with van der Waals surface area (Å²) in [6.45, 7) is 4.80. The second kappa shape index (κ2) is 7.17. The number of amides is 1. The summed E-state index contributed by atoms with van der Waals surface area (Å²) >= 11 is 0. The van der Waals surface area contributed by atoms with E-state index < -0.39 is 0 Å². The molecule has 1 fully saturated rings. The standard InChI is InChI=1S/C15H22N2O4/c1-2-21-13-10-11(9-12(16)15(13)19)3-4-14(18)17-5-7-20-8-6-17/h9-10,19H,2-8,16H2,1H3. The molecule has 0 unspecified atom stereocenters. The van der Waals surface area contributed by atoms with Gasteiger partial charge in [0.2, 0.25) is 5.91 Å². The van der Waals surface area contributed by atoms with Crippen molar-refractivity contribution in [3.05, 3.63) is 17.7 Å². The maximum atomic E-state index is 12.1. The van der Waals surface area contributed by atoms with Gasteiger partial charge in [-0.25, -0.2) is 0 Å². The van der Waals surface area contributed by atoms with Gasteiger partial charge >= 0.3 is 0 Å². The second-order valence-corrected chi connectivity index (χ2v) is 4.96. The number of aryl methyl sites for hydroxylation is 1. The number of phenolic OH excluding ortho intramolecular Hbond substituents is 1. The Hall–Kier alpha value is -1.95. The van der Waals surface area contributed by atoms with Crippen LogP contribution in [0.5, 0.6) is 11.5 Å². The van der Waals surface area contributed by atoms with Crippen molar-refractivity contribution in [1.29, 1.82) is 0 Å². The average Bonchev–Trinajstić information content (AvgIpc) is 2.50. The Morgan fingerprint density at radius 3 is 2.81 bits per heavy atom. The van der Waals surface area contributed by atoms with E-state index in [1.807, 2.05) is 11.8 Å². The van der Waals surface area contributed by atoms with Crippen molar-refractivity contribution in [2.75, 3.05) is 38.6 Å². The number of nitrogens with zero attached hydrogens (tertiary/aromatic N) is 1. The number of hydrogen-bond donors (Lipinski definition) is 2. The van der Waals surface area contributed by atoms with Crippen LogP contribution in [0.1, 0.15) is 18.9 Å². The van der Waals surface area contributed by atoms with E-state index in [0.29, 0.717) is 51.5 Å². The fourth-order valence-electron chi connectivity index (χ4n) is 2.32. The Morgan fingerprint density at radius 2 is 2.14 bits per heavy atom. The van der Waals surface area contributed by atoms with Crippen LogP contribution in [0.2, 0.25) is 0 Å². The summed E-state index contributed by atoms with van der Waals surface area (Å²) in [5, 5.41) is 9.80. The van der Waals surface area contributed by atoms with Crippen molar-refractivity contribution in [3.63, 3.8) is 0 Å². The van der Waals surface area contributed by atoms with E-state index in [2.05, 4.69) is 0 Å². The lowest BCUT2D eigenvalue weighted by Crippen LogP contribution is -2.40. The van der Waals surface area contributed by atoms with Gasteiger partial charge in [0.05, 0.1) is 25.5 Å². The van der Waals surface area contributed by atoms with Gasteiger partial charge in [0.15, 0.2) is 11.5 Å². The fraction of sp³-hybridized carbons (Fsp3) is 0.533. The van der Waals surface area contributed by atoms with Crippen LogP contribution >= 0.6 is 0 Å². The molecule has 3 N–H and O–H groups in total. The van der Waals surface area contributed by atoms with Crippen molar-refractivity contribution < 1.29 is 19.4 Å². The molecule has 1 saturated heterocycles. The lowest BCUT2D eigenvalue weighted by Gasteiger charge is -2.26. The number of carbonyl (C=O) groups excluding carboxylic acids is 1. The van der Waals surface area contributed by atoms with Gasteiger partial charge in [0.1, 0.15) is 0 Å². The lowest BCUT2D eigenvalue weighted by molar-refractivity contribution is -0.135. The van der Waals surface area contributed by atoms with Crippen LogP contribution in [-0.2, 0) is 16.0 Å². The molecule has 1 amide bonds. The molecule has 1 aromatic rings. The van der Waals surface area contributed by atoms with E-state index in [1.165, 1.54) is 0 Å². The highest BCUT2D eigenvalue weighted by Gasteiger charge is 2.17. The molecule has 21 heavy (non-hydrogen) atoms. The lowest BCUT2D eigenvalue weighted by atomic mass is 10.1. The molecular weight excluding hydrogens is 272 g/mol. The van der Waals surface area contributed by atoms with E-state index in [9.17, 15) is 9.90 Å². The van der Waals surface area contributed by atoms with Crippen molar-refractivity contribution in [2.45, 2.75) is 19.8 Å². The number of rotatable bonds is 5. The molecule has 116 valence electrons. The summed E-state index contributed by atoms with van der Waals surface area (Å²) in [7, 11) is 0. The number of anilines is 1. The van der Waals surface area contributed by atoms with E-state index in [-0.39, 0.29) is 17.3 Å². The predicted octanol–water partition coefficient (Wildman–Crippen LogP) is 1.16. The summed E-state index contributed by atoms with van der Waals surface area (Å²) in [6.07, 6.45) is 0.983. The molecule has 1 aromatic carbocycles. The summed E-state index contributed by atoms with van der Waals surface area (Å²) in [4.78, 5) is 13.9. The summed E-state index contributed by atoms with van der Waals surface area (Å²) < 4.78 is 10.6. The first-order valence-corrected chi connectivity index (χ1v) is 7.21. The van der Waals surface area contributed by atoms with Gasteiger partial charge < -0.3 is 25.2 Å². The Balaban J connectivity index is 1.97. The van der Waals surface area contributed by atoms with Crippen LogP contribution < -0.4 is 10.5 Å². The molecule has 2 rings (SSSR count). The van der Waals surface area contributed by atoms with Crippen LogP contribution in [0.25, 0.3) is 0 Å². The van der Waals surface area contributed by atoms with Gasteiger partial charge in [-0.3, -0.25) is 4.79 Å². The minimum absolute atomic E-state index is 0.0416. The first-order valence-electron chi connectivity index (χ1n) is 7.21. The summed E-state index contributed by atoms with van der Waals surface area (Å²) in [5.41, 5.74) is 6.92. The molecule has 1 aliphatic rings. The number of nitrogen functional groups attached to an aromatic ring is 1. The molecule has 6 nitrogen and oxygen atoms in total. The molecule has 0 bridgehead atoms. The molecular formula is C15H22N2O4. The molecule has 0 aliphatic carbocycles. The van der Waals surface area contributed by atoms with Gasteiger partial charge in [-0.2, -0.15) is 0 Å². The molecule has 0 atom stereocenters. The van der Waals surface area contributed by atoms with Gasteiger partial charge in [0.25, 0.3) is 0 Å². The molecule has 0 radical (unpaired) electrons. The van der Waals surface area contributed by atoms with Crippen molar-refractivity contribution in [1.82, 2.24) is 4.90 Å². The molecule has 0 aromatic heterocycles. The Morgan fingerprint density at radius 1 is 1.43 bits per heavy atom. The zero-order valence-electron chi connectivity index (χ0n) is 12.3. The minimum atomic E-state index is -0.0416. The van der Waals surface area contributed by atoms with Crippen LogP contribution in [0.15, 0.2) is 12.1 Å². The minimum Gasteiger partial charge on any atom is -0.503 e. The Labute approximate surface area is 124 Å². The molecule has 6 heteroatoms. The first kappa shape index (κ1) is 15.4. The quantitative estimate of drug-likeness (QED) is 0.629. The normalized spacial score (nSPS) is 15.0. The van der Waals surface area contributed by atoms with Crippen LogP contribution in [0.4, 0.5) is 5.69 Å². The van der Waals surface area contributed by atoms with Crippen molar-refractivity contribution in [3.8, 4) is 11.5 Å². The smallest absolute Gasteiger partial charge is 0.223 e. The van der Waals surface area contributed by atoms with Gasteiger partial charge in [-0.05, 0) is 31.0 Å². The molecule has 1 aliphatic heterocycles. The Bertz CT molecular complexity index is 499. The van der Waals surface area contributed by atoms with Crippen molar-refractivity contribution in [2.24, 2.45) is 0 Å². The molecule has 1 heterocycles. The molecule has 0 spiro atoms.